The minimum Gasteiger partial charge on any atom is -0.314 e. The zero-order chi connectivity index (χ0) is 15.1. The van der Waals surface area contributed by atoms with Crippen LogP contribution in [0.4, 0.5) is 0 Å². The zero-order valence-electron chi connectivity index (χ0n) is 12.8. The largest absolute Gasteiger partial charge is 0.314 e. The van der Waals surface area contributed by atoms with Gasteiger partial charge < -0.3 is 5.32 Å². The predicted octanol–water partition coefficient (Wildman–Crippen LogP) is 3.73. The number of aromatic nitrogens is 2. The van der Waals surface area contributed by atoms with Crippen LogP contribution in [0.2, 0.25) is 0 Å². The maximum atomic E-state index is 4.24. The SMILES string of the molecule is CCCNC(CCc1ccnn1C)Cc1ccc(Br)cc1. The Morgan fingerprint density at radius 1 is 1.24 bits per heavy atom. The van der Waals surface area contributed by atoms with Gasteiger partial charge in [-0.1, -0.05) is 35.0 Å². The summed E-state index contributed by atoms with van der Waals surface area (Å²) in [4.78, 5) is 0. The highest BCUT2D eigenvalue weighted by atomic mass is 79.9. The average Bonchev–Trinajstić information content (AvgIpc) is 2.89. The molecule has 0 bridgehead atoms. The summed E-state index contributed by atoms with van der Waals surface area (Å²) in [5, 5.41) is 7.91. The van der Waals surface area contributed by atoms with E-state index in [4.69, 9.17) is 0 Å². The number of nitrogens with zero attached hydrogens (tertiary/aromatic N) is 2. The predicted molar refractivity (Wildman–Crippen MR) is 91.5 cm³/mol. The molecule has 1 unspecified atom stereocenters. The second kappa shape index (κ2) is 8.35. The van der Waals surface area contributed by atoms with Gasteiger partial charge in [0.15, 0.2) is 0 Å². The van der Waals surface area contributed by atoms with Gasteiger partial charge in [0.2, 0.25) is 0 Å². The Kier molecular flexibility index (Phi) is 6.46. The molecule has 1 N–H and O–H groups in total. The number of hydrogen-bond acceptors (Lipinski definition) is 2. The smallest absolute Gasteiger partial charge is 0.0492 e. The third-order valence-corrected chi connectivity index (χ3v) is 4.28. The third kappa shape index (κ3) is 5.29. The minimum absolute atomic E-state index is 0.515. The number of rotatable bonds is 8. The van der Waals surface area contributed by atoms with Gasteiger partial charge in [-0.3, -0.25) is 4.68 Å². The standard InChI is InChI=1S/C17H24BrN3/c1-3-11-19-16(8-9-17-10-12-20-21(17)2)13-14-4-6-15(18)7-5-14/h4-7,10,12,16,19H,3,8-9,11,13H2,1-2H3. The Morgan fingerprint density at radius 3 is 2.62 bits per heavy atom. The highest BCUT2D eigenvalue weighted by Crippen LogP contribution is 2.14. The first-order valence-corrected chi connectivity index (χ1v) is 8.43. The molecule has 114 valence electrons. The van der Waals surface area contributed by atoms with E-state index in [1.54, 1.807) is 0 Å². The van der Waals surface area contributed by atoms with Crippen molar-refractivity contribution >= 4 is 15.9 Å². The Labute approximate surface area is 135 Å². The molecule has 0 spiro atoms. The molecule has 0 fully saturated rings. The highest BCUT2D eigenvalue weighted by Gasteiger charge is 2.10. The lowest BCUT2D eigenvalue weighted by molar-refractivity contribution is 0.471. The summed E-state index contributed by atoms with van der Waals surface area (Å²) in [6, 6.07) is 11.3. The molecule has 0 aliphatic heterocycles. The van der Waals surface area contributed by atoms with Crippen molar-refractivity contribution in [3.8, 4) is 0 Å². The van der Waals surface area contributed by atoms with Crippen molar-refractivity contribution in [2.45, 2.75) is 38.6 Å². The van der Waals surface area contributed by atoms with Gasteiger partial charge in [-0.15, -0.1) is 0 Å². The fraction of sp³-hybridized carbons (Fsp3) is 0.471. The number of hydrogen-bond donors (Lipinski definition) is 1. The van der Waals surface area contributed by atoms with E-state index >= 15 is 0 Å². The lowest BCUT2D eigenvalue weighted by Gasteiger charge is -2.19. The van der Waals surface area contributed by atoms with Gasteiger partial charge in [0.1, 0.15) is 0 Å². The average molecular weight is 350 g/mol. The first-order valence-electron chi connectivity index (χ1n) is 7.63. The maximum absolute atomic E-state index is 4.24. The molecule has 2 aromatic rings. The van der Waals surface area contributed by atoms with Crippen LogP contribution >= 0.6 is 15.9 Å². The molecule has 1 aromatic heterocycles. The Hall–Kier alpha value is -1.13. The van der Waals surface area contributed by atoms with E-state index < -0.39 is 0 Å². The van der Waals surface area contributed by atoms with E-state index in [9.17, 15) is 0 Å². The van der Waals surface area contributed by atoms with Gasteiger partial charge in [0, 0.05) is 29.5 Å². The van der Waals surface area contributed by atoms with Gasteiger partial charge >= 0.3 is 0 Å². The molecule has 1 aromatic carbocycles. The number of benzene rings is 1. The second-order valence-electron chi connectivity index (χ2n) is 5.47. The van der Waals surface area contributed by atoms with E-state index in [1.165, 1.54) is 17.7 Å². The molecule has 0 aliphatic carbocycles. The molecule has 0 aliphatic rings. The van der Waals surface area contributed by atoms with Crippen LogP contribution in [-0.2, 0) is 19.9 Å². The molecule has 21 heavy (non-hydrogen) atoms. The first-order chi connectivity index (χ1) is 10.2. The summed E-state index contributed by atoms with van der Waals surface area (Å²) in [6.45, 7) is 3.29. The molecule has 0 saturated carbocycles. The van der Waals surface area contributed by atoms with Crippen molar-refractivity contribution < 1.29 is 0 Å². The topological polar surface area (TPSA) is 29.9 Å². The molecule has 0 amide bonds. The van der Waals surface area contributed by atoms with E-state index in [2.05, 4.69) is 63.6 Å². The van der Waals surface area contributed by atoms with Crippen LogP contribution in [0.25, 0.3) is 0 Å². The van der Waals surface area contributed by atoms with E-state index in [-0.39, 0.29) is 0 Å². The molecule has 0 radical (unpaired) electrons. The molecule has 1 heterocycles. The van der Waals surface area contributed by atoms with Gasteiger partial charge in [0.05, 0.1) is 0 Å². The van der Waals surface area contributed by atoms with Gasteiger partial charge in [0.25, 0.3) is 0 Å². The van der Waals surface area contributed by atoms with Crippen LogP contribution < -0.4 is 5.32 Å². The lowest BCUT2D eigenvalue weighted by atomic mass is 10.0. The molecule has 2 rings (SSSR count). The van der Waals surface area contributed by atoms with Gasteiger partial charge in [-0.25, -0.2) is 0 Å². The summed E-state index contributed by atoms with van der Waals surface area (Å²) in [6.07, 6.45) is 6.32. The molecule has 0 saturated heterocycles. The van der Waals surface area contributed by atoms with E-state index in [1.807, 2.05) is 17.9 Å². The number of aryl methyl sites for hydroxylation is 2. The van der Waals surface area contributed by atoms with Gasteiger partial charge in [-0.2, -0.15) is 5.10 Å². The van der Waals surface area contributed by atoms with Gasteiger partial charge in [-0.05, 0) is 56.0 Å². The van der Waals surface area contributed by atoms with Crippen molar-refractivity contribution in [3.63, 3.8) is 0 Å². The second-order valence-corrected chi connectivity index (χ2v) is 6.38. The van der Waals surface area contributed by atoms with Crippen LogP contribution in [0, 0.1) is 0 Å². The molecular weight excluding hydrogens is 326 g/mol. The summed E-state index contributed by atoms with van der Waals surface area (Å²) < 4.78 is 3.11. The molecule has 4 heteroatoms. The first kappa shape index (κ1) is 16.2. The highest BCUT2D eigenvalue weighted by molar-refractivity contribution is 9.10. The van der Waals surface area contributed by atoms with Crippen LogP contribution in [0.1, 0.15) is 31.0 Å². The molecule has 3 nitrogen and oxygen atoms in total. The Morgan fingerprint density at radius 2 is 2.00 bits per heavy atom. The summed E-state index contributed by atoms with van der Waals surface area (Å²) in [7, 11) is 2.01. The number of halogens is 1. The quantitative estimate of drug-likeness (QED) is 0.786. The molecular formula is C17H24BrN3. The summed E-state index contributed by atoms with van der Waals surface area (Å²) >= 11 is 3.49. The fourth-order valence-electron chi connectivity index (χ4n) is 2.50. The monoisotopic (exact) mass is 349 g/mol. The Balaban J connectivity index is 1.93. The van der Waals surface area contributed by atoms with Crippen LogP contribution in [0.15, 0.2) is 41.0 Å². The lowest BCUT2D eigenvalue weighted by Crippen LogP contribution is -2.32. The minimum atomic E-state index is 0.515. The van der Waals surface area contributed by atoms with Crippen LogP contribution in [-0.4, -0.2) is 22.4 Å². The number of nitrogens with one attached hydrogen (secondary N) is 1. The Bertz CT molecular complexity index is 533. The van der Waals surface area contributed by atoms with Crippen LogP contribution in [0.5, 0.6) is 0 Å². The fourth-order valence-corrected chi connectivity index (χ4v) is 2.76. The van der Waals surface area contributed by atoms with Crippen molar-refractivity contribution in [3.05, 3.63) is 52.3 Å². The van der Waals surface area contributed by atoms with Crippen LogP contribution in [0.3, 0.4) is 0 Å². The van der Waals surface area contributed by atoms with Crippen molar-refractivity contribution in [2.75, 3.05) is 6.54 Å². The van der Waals surface area contributed by atoms with E-state index in [0.717, 1.165) is 30.3 Å². The molecule has 1 atom stereocenters. The van der Waals surface area contributed by atoms with Crippen molar-refractivity contribution in [1.29, 1.82) is 0 Å². The normalized spacial score (nSPS) is 12.5. The maximum Gasteiger partial charge on any atom is 0.0492 e. The third-order valence-electron chi connectivity index (χ3n) is 3.75. The van der Waals surface area contributed by atoms with Crippen molar-refractivity contribution in [1.82, 2.24) is 15.1 Å². The zero-order valence-corrected chi connectivity index (χ0v) is 14.4. The van der Waals surface area contributed by atoms with E-state index in [0.29, 0.717) is 6.04 Å². The van der Waals surface area contributed by atoms with Crippen molar-refractivity contribution in [2.24, 2.45) is 7.05 Å². The summed E-state index contributed by atoms with van der Waals surface area (Å²) in [5.74, 6) is 0. The summed E-state index contributed by atoms with van der Waals surface area (Å²) in [5.41, 5.74) is 2.69.